The quantitative estimate of drug-likeness (QED) is 0.510. The molecule has 9 heavy (non-hydrogen) atoms. The zero-order chi connectivity index (χ0) is 7.28. The second-order valence-corrected chi connectivity index (χ2v) is 2.30. The van der Waals surface area contributed by atoms with Crippen molar-refractivity contribution in [2.45, 2.75) is 13.8 Å². The topological polar surface area (TPSA) is 37.4 Å². The summed E-state index contributed by atoms with van der Waals surface area (Å²) in [5.74, 6) is 0.348. The van der Waals surface area contributed by atoms with E-state index in [1.165, 1.54) is 0 Å². The summed E-state index contributed by atoms with van der Waals surface area (Å²) in [7, 11) is 0. The molecule has 2 amide bonds. The van der Waals surface area contributed by atoms with Gasteiger partial charge in [0, 0.05) is 6.54 Å². The van der Waals surface area contributed by atoms with Gasteiger partial charge in [-0.3, -0.25) is 14.5 Å². The fourth-order valence-corrected chi connectivity index (χ4v) is 0.533. The van der Waals surface area contributed by atoms with Crippen LogP contribution < -0.4 is 0 Å². The van der Waals surface area contributed by atoms with E-state index < -0.39 is 0 Å². The number of hydrogen-bond donors (Lipinski definition) is 0. The average Bonchev–Trinajstić information content (AvgIpc) is 1.82. The van der Waals surface area contributed by atoms with Gasteiger partial charge in [0.25, 0.3) is 0 Å². The number of rotatable bonds is 4. The highest BCUT2D eigenvalue weighted by molar-refractivity contribution is 5.68. The van der Waals surface area contributed by atoms with E-state index in [2.05, 4.69) is 0 Å². The van der Waals surface area contributed by atoms with E-state index in [9.17, 15) is 9.59 Å². The second kappa shape index (κ2) is 4.06. The van der Waals surface area contributed by atoms with Gasteiger partial charge < -0.3 is 0 Å². The fourth-order valence-electron chi connectivity index (χ4n) is 0.533. The molecule has 3 heteroatoms. The maximum absolute atomic E-state index is 9.97. The van der Waals surface area contributed by atoms with Crippen molar-refractivity contribution in [3.63, 3.8) is 0 Å². The van der Waals surface area contributed by atoms with Gasteiger partial charge >= 0.3 is 0 Å². The van der Waals surface area contributed by atoms with Gasteiger partial charge in [0.15, 0.2) is 0 Å². The Morgan fingerprint density at radius 2 is 1.78 bits per heavy atom. The summed E-state index contributed by atoms with van der Waals surface area (Å²) in [5, 5.41) is 0. The van der Waals surface area contributed by atoms with Gasteiger partial charge in [0.2, 0.25) is 12.8 Å². The minimum atomic E-state index is 0.348. The highest BCUT2D eigenvalue weighted by Crippen LogP contribution is 1.91. The van der Waals surface area contributed by atoms with Gasteiger partial charge in [0.1, 0.15) is 0 Å². The summed E-state index contributed by atoms with van der Waals surface area (Å²) in [6.45, 7) is 4.40. The normalized spacial score (nSPS) is 9.22. The van der Waals surface area contributed by atoms with Crippen LogP contribution in [0.25, 0.3) is 0 Å². The van der Waals surface area contributed by atoms with E-state index in [0.29, 0.717) is 25.3 Å². The first-order chi connectivity index (χ1) is 4.20. The zero-order valence-electron chi connectivity index (χ0n) is 5.70. The minimum Gasteiger partial charge on any atom is -0.288 e. The summed E-state index contributed by atoms with van der Waals surface area (Å²) in [6.07, 6.45) is 1.07. The van der Waals surface area contributed by atoms with Crippen molar-refractivity contribution in [3.8, 4) is 0 Å². The summed E-state index contributed by atoms with van der Waals surface area (Å²) in [5.41, 5.74) is 0. The van der Waals surface area contributed by atoms with Crippen LogP contribution in [0.1, 0.15) is 13.8 Å². The Bertz CT molecular complexity index is 93.2. The van der Waals surface area contributed by atoms with Crippen LogP contribution in [0.5, 0.6) is 0 Å². The first-order valence-corrected chi connectivity index (χ1v) is 2.87. The predicted octanol–water partition coefficient (Wildman–Crippen LogP) is 0.257. The lowest BCUT2D eigenvalue weighted by atomic mass is 10.2. The van der Waals surface area contributed by atoms with Crippen LogP contribution in [0.3, 0.4) is 0 Å². The Labute approximate surface area is 54.6 Å². The number of amides is 2. The third kappa shape index (κ3) is 3.70. The van der Waals surface area contributed by atoms with Crippen molar-refractivity contribution in [2.75, 3.05) is 6.54 Å². The minimum absolute atomic E-state index is 0.348. The molecule has 0 saturated heterocycles. The van der Waals surface area contributed by atoms with E-state index in [0.717, 1.165) is 4.90 Å². The Kier molecular flexibility index (Phi) is 3.67. The van der Waals surface area contributed by atoms with Gasteiger partial charge in [-0.1, -0.05) is 13.8 Å². The molecular weight excluding hydrogens is 118 g/mol. The van der Waals surface area contributed by atoms with E-state index >= 15 is 0 Å². The first-order valence-electron chi connectivity index (χ1n) is 2.87. The van der Waals surface area contributed by atoms with Crippen molar-refractivity contribution < 1.29 is 9.59 Å². The number of hydrogen-bond acceptors (Lipinski definition) is 2. The molecule has 0 atom stereocenters. The van der Waals surface area contributed by atoms with E-state index in [4.69, 9.17) is 0 Å². The van der Waals surface area contributed by atoms with Gasteiger partial charge in [-0.05, 0) is 5.92 Å². The molecule has 52 valence electrons. The maximum Gasteiger partial charge on any atom is 0.216 e. The number of nitrogens with zero attached hydrogens (tertiary/aromatic N) is 1. The monoisotopic (exact) mass is 129 g/mol. The summed E-state index contributed by atoms with van der Waals surface area (Å²) >= 11 is 0. The number of carbonyl (C=O) groups excluding carboxylic acids is 2. The molecule has 0 saturated carbocycles. The van der Waals surface area contributed by atoms with E-state index in [1.54, 1.807) is 0 Å². The van der Waals surface area contributed by atoms with Crippen molar-refractivity contribution in [2.24, 2.45) is 5.92 Å². The van der Waals surface area contributed by atoms with Crippen LogP contribution in [-0.2, 0) is 9.59 Å². The largest absolute Gasteiger partial charge is 0.288 e. The standard InChI is InChI=1S/C6H11NO2/c1-6(2)3-7(4-8)5-9/h4-6H,3H2,1-2H3. The van der Waals surface area contributed by atoms with Crippen molar-refractivity contribution in [3.05, 3.63) is 0 Å². The van der Waals surface area contributed by atoms with E-state index in [1.807, 2.05) is 13.8 Å². The first kappa shape index (κ1) is 8.14. The molecule has 0 rings (SSSR count). The SMILES string of the molecule is CC(C)CN(C=O)C=O. The Hall–Kier alpha value is -0.860. The molecule has 0 radical (unpaired) electrons. The van der Waals surface area contributed by atoms with Gasteiger partial charge in [0.05, 0.1) is 0 Å². The predicted molar refractivity (Wildman–Crippen MR) is 33.7 cm³/mol. The molecule has 0 aliphatic rings. The fraction of sp³-hybridized carbons (Fsp3) is 0.667. The van der Waals surface area contributed by atoms with Gasteiger partial charge in [-0.25, -0.2) is 0 Å². The zero-order valence-corrected chi connectivity index (χ0v) is 5.70. The molecule has 0 bridgehead atoms. The summed E-state index contributed by atoms with van der Waals surface area (Å²) in [4.78, 5) is 21.0. The molecule has 0 unspecified atom stereocenters. The van der Waals surface area contributed by atoms with E-state index in [-0.39, 0.29) is 0 Å². The molecule has 0 fully saturated rings. The molecule has 0 aromatic heterocycles. The molecule has 0 aliphatic carbocycles. The van der Waals surface area contributed by atoms with Gasteiger partial charge in [-0.2, -0.15) is 0 Å². The molecule has 3 nitrogen and oxygen atoms in total. The average molecular weight is 129 g/mol. The van der Waals surface area contributed by atoms with Crippen LogP contribution in [0, 0.1) is 5.92 Å². The summed E-state index contributed by atoms with van der Waals surface area (Å²) < 4.78 is 0. The number of imide groups is 1. The lowest BCUT2D eigenvalue weighted by molar-refractivity contribution is -0.129. The maximum atomic E-state index is 9.97. The van der Waals surface area contributed by atoms with Crippen LogP contribution in [0.4, 0.5) is 0 Å². The molecular formula is C6H11NO2. The highest BCUT2D eigenvalue weighted by Gasteiger charge is 2.00. The highest BCUT2D eigenvalue weighted by atomic mass is 16.2. The second-order valence-electron chi connectivity index (χ2n) is 2.30. The smallest absolute Gasteiger partial charge is 0.216 e. The van der Waals surface area contributed by atoms with Gasteiger partial charge in [-0.15, -0.1) is 0 Å². The third-order valence-electron chi connectivity index (χ3n) is 0.847. The molecule has 0 heterocycles. The van der Waals surface area contributed by atoms with Crippen molar-refractivity contribution in [1.29, 1.82) is 0 Å². The molecule has 0 spiro atoms. The van der Waals surface area contributed by atoms with Crippen molar-refractivity contribution in [1.82, 2.24) is 4.90 Å². The summed E-state index contributed by atoms with van der Waals surface area (Å²) in [6, 6.07) is 0. The Morgan fingerprint density at radius 1 is 1.33 bits per heavy atom. The van der Waals surface area contributed by atoms with Crippen LogP contribution in [-0.4, -0.2) is 24.3 Å². The van der Waals surface area contributed by atoms with Crippen LogP contribution in [0.15, 0.2) is 0 Å². The Morgan fingerprint density at radius 3 is 1.89 bits per heavy atom. The number of carbonyl (C=O) groups is 2. The van der Waals surface area contributed by atoms with Crippen LogP contribution in [0.2, 0.25) is 0 Å². The van der Waals surface area contributed by atoms with Crippen molar-refractivity contribution >= 4 is 12.8 Å². The molecule has 0 N–H and O–H groups in total. The Balaban J connectivity index is 3.55. The lowest BCUT2D eigenvalue weighted by Gasteiger charge is -2.10. The molecule has 0 aromatic rings. The lowest BCUT2D eigenvalue weighted by Crippen LogP contribution is -2.24. The third-order valence-corrected chi connectivity index (χ3v) is 0.847. The molecule has 0 aliphatic heterocycles. The molecule has 0 aromatic carbocycles. The van der Waals surface area contributed by atoms with Crippen LogP contribution >= 0.6 is 0 Å².